The molecule has 0 spiro atoms. The molecule has 0 aliphatic rings. The second-order valence-electron chi connectivity index (χ2n) is 5.21. The lowest BCUT2D eigenvalue weighted by atomic mass is 10.2. The van der Waals surface area contributed by atoms with Crippen LogP contribution in [-0.4, -0.2) is 41.1 Å². The highest BCUT2D eigenvalue weighted by Crippen LogP contribution is 2.15. The molecule has 23 heavy (non-hydrogen) atoms. The van der Waals surface area contributed by atoms with Crippen LogP contribution in [0.4, 0.5) is 0 Å². The summed E-state index contributed by atoms with van der Waals surface area (Å²) in [5, 5.41) is 4.39. The van der Waals surface area contributed by atoms with Gasteiger partial charge in [0.15, 0.2) is 5.82 Å². The van der Waals surface area contributed by atoms with Crippen LogP contribution in [0.5, 0.6) is 5.75 Å². The summed E-state index contributed by atoms with van der Waals surface area (Å²) in [6.45, 7) is 2.74. The lowest BCUT2D eigenvalue weighted by Gasteiger charge is -2.17. The van der Waals surface area contributed by atoms with Gasteiger partial charge in [-0.1, -0.05) is 16.8 Å². The van der Waals surface area contributed by atoms with Crippen LogP contribution in [0, 0.1) is 6.92 Å². The molecule has 7 heteroatoms. The number of hydrogen-bond donors (Lipinski definition) is 0. The zero-order chi connectivity index (χ0) is 16.7. The van der Waals surface area contributed by atoms with E-state index in [1.807, 2.05) is 0 Å². The number of carbonyl (C=O) groups excluding carboxylic acids is 1. The zero-order valence-corrected chi connectivity index (χ0v) is 14.0. The normalized spacial score (nSPS) is 10.6. The second kappa shape index (κ2) is 8.53. The van der Waals surface area contributed by atoms with Gasteiger partial charge < -0.3 is 14.2 Å². The number of aryl methyl sites for hydroxylation is 2. The van der Waals surface area contributed by atoms with E-state index in [-0.39, 0.29) is 5.91 Å². The van der Waals surface area contributed by atoms with Crippen LogP contribution in [-0.2, 0) is 11.2 Å². The molecule has 0 aliphatic carbocycles. The molecule has 6 nitrogen and oxygen atoms in total. The van der Waals surface area contributed by atoms with E-state index >= 15 is 0 Å². The molecule has 0 unspecified atom stereocenters. The Balaban J connectivity index is 1.63. The number of nitrogens with zero attached hydrogens (tertiary/aromatic N) is 3. The van der Waals surface area contributed by atoms with Gasteiger partial charge in [0.05, 0.1) is 6.54 Å². The fourth-order valence-electron chi connectivity index (χ4n) is 1.98. The van der Waals surface area contributed by atoms with Crippen LogP contribution < -0.4 is 4.74 Å². The van der Waals surface area contributed by atoms with E-state index in [4.69, 9.17) is 20.9 Å². The van der Waals surface area contributed by atoms with E-state index in [9.17, 15) is 4.79 Å². The quantitative estimate of drug-likeness (QED) is 0.740. The first kappa shape index (κ1) is 17.3. The summed E-state index contributed by atoms with van der Waals surface area (Å²) >= 11 is 5.81. The van der Waals surface area contributed by atoms with Crippen LogP contribution in [0.3, 0.4) is 0 Å². The summed E-state index contributed by atoms with van der Waals surface area (Å²) in [4.78, 5) is 17.8. The SMILES string of the molecule is Cc1noc(CCCC(=O)N(C)CCOc2ccc(Cl)cc2)n1. The molecule has 0 aliphatic heterocycles. The minimum atomic E-state index is 0.0703. The van der Waals surface area contributed by atoms with Crippen molar-refractivity contribution in [1.82, 2.24) is 15.0 Å². The third kappa shape index (κ3) is 5.90. The summed E-state index contributed by atoms with van der Waals surface area (Å²) in [6.07, 6.45) is 1.74. The number of likely N-dealkylation sites (N-methyl/N-ethyl adjacent to an activating group) is 1. The van der Waals surface area contributed by atoms with Gasteiger partial charge in [-0.3, -0.25) is 4.79 Å². The first-order chi connectivity index (χ1) is 11.0. The number of amides is 1. The molecule has 0 bridgehead atoms. The van der Waals surface area contributed by atoms with Crippen LogP contribution in [0.2, 0.25) is 5.02 Å². The van der Waals surface area contributed by atoms with Crippen LogP contribution in [0.15, 0.2) is 28.8 Å². The molecule has 0 radical (unpaired) electrons. The van der Waals surface area contributed by atoms with Gasteiger partial charge in [-0.25, -0.2) is 0 Å². The zero-order valence-electron chi connectivity index (χ0n) is 13.3. The van der Waals surface area contributed by atoms with E-state index in [1.54, 1.807) is 43.1 Å². The average Bonchev–Trinajstić information content (AvgIpc) is 2.94. The van der Waals surface area contributed by atoms with Crippen molar-refractivity contribution >= 4 is 17.5 Å². The van der Waals surface area contributed by atoms with Crippen LogP contribution in [0.25, 0.3) is 0 Å². The molecule has 1 amide bonds. The van der Waals surface area contributed by atoms with Crippen molar-refractivity contribution in [2.45, 2.75) is 26.2 Å². The number of hydrogen-bond acceptors (Lipinski definition) is 5. The molecule has 1 aromatic carbocycles. The largest absolute Gasteiger partial charge is 0.492 e. The molecular formula is C16H20ClN3O3. The maximum absolute atomic E-state index is 12.0. The number of ether oxygens (including phenoxy) is 1. The van der Waals surface area contributed by atoms with Crippen LogP contribution >= 0.6 is 11.6 Å². The standard InChI is InChI=1S/C16H20ClN3O3/c1-12-18-15(23-19-12)4-3-5-16(21)20(2)10-11-22-14-8-6-13(17)7-9-14/h6-9H,3-5,10-11H2,1-2H3. The van der Waals surface area contributed by atoms with Gasteiger partial charge in [-0.05, 0) is 37.6 Å². The third-order valence-corrected chi connectivity index (χ3v) is 3.54. The molecule has 0 atom stereocenters. The number of carbonyl (C=O) groups is 1. The Labute approximate surface area is 140 Å². The Kier molecular flexibility index (Phi) is 6.40. The van der Waals surface area contributed by atoms with Gasteiger partial charge in [0.2, 0.25) is 11.8 Å². The Morgan fingerprint density at radius 2 is 2.09 bits per heavy atom. The summed E-state index contributed by atoms with van der Waals surface area (Å²) < 4.78 is 10.6. The van der Waals surface area contributed by atoms with Gasteiger partial charge in [-0.2, -0.15) is 4.98 Å². The molecule has 0 saturated carbocycles. The molecule has 2 aromatic rings. The third-order valence-electron chi connectivity index (χ3n) is 3.29. The summed E-state index contributed by atoms with van der Waals surface area (Å²) in [6, 6.07) is 7.14. The molecule has 0 N–H and O–H groups in total. The van der Waals surface area contributed by atoms with Crippen molar-refractivity contribution in [2.75, 3.05) is 20.2 Å². The predicted octanol–water partition coefficient (Wildman–Crippen LogP) is 2.89. The Morgan fingerprint density at radius 3 is 2.74 bits per heavy atom. The minimum absolute atomic E-state index is 0.0703. The van der Waals surface area contributed by atoms with Crippen molar-refractivity contribution in [2.24, 2.45) is 0 Å². The van der Waals surface area contributed by atoms with Crippen molar-refractivity contribution in [3.63, 3.8) is 0 Å². The Bertz CT molecular complexity index is 628. The fraction of sp³-hybridized carbons (Fsp3) is 0.438. The van der Waals surface area contributed by atoms with Gasteiger partial charge in [-0.15, -0.1) is 0 Å². The molecule has 0 saturated heterocycles. The van der Waals surface area contributed by atoms with Crippen molar-refractivity contribution in [3.8, 4) is 5.75 Å². The fourth-order valence-corrected chi connectivity index (χ4v) is 2.11. The molecular weight excluding hydrogens is 318 g/mol. The highest BCUT2D eigenvalue weighted by Gasteiger charge is 2.10. The van der Waals surface area contributed by atoms with Crippen molar-refractivity contribution in [1.29, 1.82) is 0 Å². The summed E-state index contributed by atoms with van der Waals surface area (Å²) in [7, 11) is 1.77. The van der Waals surface area contributed by atoms with Crippen molar-refractivity contribution in [3.05, 3.63) is 41.0 Å². The highest BCUT2D eigenvalue weighted by molar-refractivity contribution is 6.30. The van der Waals surface area contributed by atoms with Crippen molar-refractivity contribution < 1.29 is 14.1 Å². The molecule has 124 valence electrons. The smallest absolute Gasteiger partial charge is 0.226 e. The molecule has 2 rings (SSSR count). The predicted molar refractivity (Wildman–Crippen MR) is 86.6 cm³/mol. The van der Waals surface area contributed by atoms with E-state index in [0.717, 1.165) is 5.75 Å². The van der Waals surface area contributed by atoms with E-state index < -0.39 is 0 Å². The van der Waals surface area contributed by atoms with Gasteiger partial charge in [0, 0.05) is 24.9 Å². The molecule has 0 fully saturated rings. The average molecular weight is 338 g/mol. The first-order valence-corrected chi connectivity index (χ1v) is 7.84. The Hall–Kier alpha value is -2.08. The van der Waals surface area contributed by atoms with Gasteiger partial charge in [0.1, 0.15) is 12.4 Å². The Morgan fingerprint density at radius 1 is 1.35 bits per heavy atom. The maximum atomic E-state index is 12.0. The highest BCUT2D eigenvalue weighted by atomic mass is 35.5. The molecule has 1 aromatic heterocycles. The van der Waals surface area contributed by atoms with E-state index in [1.165, 1.54) is 0 Å². The maximum Gasteiger partial charge on any atom is 0.226 e. The van der Waals surface area contributed by atoms with E-state index in [0.29, 0.717) is 49.2 Å². The lowest BCUT2D eigenvalue weighted by Crippen LogP contribution is -2.30. The summed E-state index contributed by atoms with van der Waals surface area (Å²) in [5.74, 6) is 2.00. The second-order valence-corrected chi connectivity index (χ2v) is 5.64. The molecule has 1 heterocycles. The number of aromatic nitrogens is 2. The monoisotopic (exact) mass is 337 g/mol. The lowest BCUT2D eigenvalue weighted by molar-refractivity contribution is -0.130. The van der Waals surface area contributed by atoms with Gasteiger partial charge in [0.25, 0.3) is 0 Å². The summed E-state index contributed by atoms with van der Waals surface area (Å²) in [5.41, 5.74) is 0. The number of rotatable bonds is 8. The van der Waals surface area contributed by atoms with E-state index in [2.05, 4.69) is 10.1 Å². The minimum Gasteiger partial charge on any atom is -0.492 e. The number of benzene rings is 1. The first-order valence-electron chi connectivity index (χ1n) is 7.46. The van der Waals surface area contributed by atoms with Gasteiger partial charge >= 0.3 is 0 Å². The van der Waals surface area contributed by atoms with Crippen LogP contribution in [0.1, 0.15) is 24.6 Å². The topological polar surface area (TPSA) is 68.5 Å². The number of halogens is 1.